The van der Waals surface area contributed by atoms with Gasteiger partial charge in [-0.3, -0.25) is 4.79 Å². The molecule has 0 spiro atoms. The van der Waals surface area contributed by atoms with Crippen molar-refractivity contribution in [2.24, 2.45) is 0 Å². The first kappa shape index (κ1) is 15.7. The standard InChI is InChI=1S/C16H19N3O3S/c1-7-6-8(2)18-15-11(7)12(17)13(23-15)16(21)22-9(3)14(20)19-10-4-5-10/h6,9-10H,4-5,17H2,1-3H3,(H,19,20)/t9-/m1/s1. The van der Waals surface area contributed by atoms with Crippen molar-refractivity contribution in [1.29, 1.82) is 0 Å². The zero-order valence-corrected chi connectivity index (χ0v) is 14.1. The second kappa shape index (κ2) is 5.81. The summed E-state index contributed by atoms with van der Waals surface area (Å²) in [5.74, 6) is -0.855. The summed E-state index contributed by atoms with van der Waals surface area (Å²) in [6, 6.07) is 2.15. The van der Waals surface area contributed by atoms with Gasteiger partial charge in [0.1, 0.15) is 9.71 Å². The molecular formula is C16H19N3O3S. The smallest absolute Gasteiger partial charge is 0.351 e. The van der Waals surface area contributed by atoms with E-state index in [4.69, 9.17) is 10.5 Å². The van der Waals surface area contributed by atoms with Crippen LogP contribution in [-0.2, 0) is 9.53 Å². The highest BCUT2D eigenvalue weighted by atomic mass is 32.1. The van der Waals surface area contributed by atoms with E-state index in [-0.39, 0.29) is 11.9 Å². The predicted molar refractivity (Wildman–Crippen MR) is 89.5 cm³/mol. The van der Waals surface area contributed by atoms with Crippen LogP contribution < -0.4 is 11.1 Å². The SMILES string of the molecule is Cc1cc(C)c2c(N)c(C(=O)O[C@H](C)C(=O)NC3CC3)sc2n1. The topological polar surface area (TPSA) is 94.3 Å². The number of ether oxygens (including phenoxy) is 1. The van der Waals surface area contributed by atoms with Gasteiger partial charge in [0.25, 0.3) is 5.91 Å². The zero-order chi connectivity index (χ0) is 16.7. The molecule has 6 nitrogen and oxygen atoms in total. The molecule has 0 unspecified atom stereocenters. The number of anilines is 1. The molecule has 2 heterocycles. The molecule has 23 heavy (non-hydrogen) atoms. The van der Waals surface area contributed by atoms with Crippen LogP contribution in [0.2, 0.25) is 0 Å². The van der Waals surface area contributed by atoms with Crippen LogP contribution in [0.1, 0.15) is 40.7 Å². The van der Waals surface area contributed by atoms with Crippen molar-refractivity contribution >= 4 is 39.1 Å². The highest BCUT2D eigenvalue weighted by molar-refractivity contribution is 7.21. The molecule has 2 aromatic heterocycles. The first-order chi connectivity index (χ1) is 10.9. The molecule has 1 atom stereocenters. The summed E-state index contributed by atoms with van der Waals surface area (Å²) in [5, 5.41) is 3.59. The fourth-order valence-electron chi connectivity index (χ4n) is 2.43. The van der Waals surface area contributed by atoms with Crippen LogP contribution in [0.5, 0.6) is 0 Å². The molecule has 1 aliphatic rings. The Morgan fingerprint density at radius 1 is 1.43 bits per heavy atom. The second-order valence-electron chi connectivity index (χ2n) is 5.94. The van der Waals surface area contributed by atoms with Crippen LogP contribution in [0.3, 0.4) is 0 Å². The summed E-state index contributed by atoms with van der Waals surface area (Å²) >= 11 is 1.20. The molecule has 3 rings (SSSR count). The monoisotopic (exact) mass is 333 g/mol. The van der Waals surface area contributed by atoms with E-state index in [0.29, 0.717) is 15.4 Å². The Bertz CT molecular complexity index is 795. The molecule has 0 saturated heterocycles. The van der Waals surface area contributed by atoms with Gasteiger partial charge in [-0.2, -0.15) is 0 Å². The number of carbonyl (C=O) groups excluding carboxylic acids is 2. The molecular weight excluding hydrogens is 314 g/mol. The molecule has 3 N–H and O–H groups in total. The summed E-state index contributed by atoms with van der Waals surface area (Å²) in [5.41, 5.74) is 8.31. The molecule has 0 aliphatic heterocycles. The van der Waals surface area contributed by atoms with Gasteiger partial charge in [0.05, 0.1) is 5.69 Å². The molecule has 0 aromatic carbocycles. The third kappa shape index (κ3) is 3.14. The number of hydrogen-bond donors (Lipinski definition) is 2. The van der Waals surface area contributed by atoms with Crippen LogP contribution in [0, 0.1) is 13.8 Å². The first-order valence-electron chi connectivity index (χ1n) is 7.54. The first-order valence-corrected chi connectivity index (χ1v) is 8.36. The van der Waals surface area contributed by atoms with E-state index in [9.17, 15) is 9.59 Å². The number of amides is 1. The van der Waals surface area contributed by atoms with Crippen LogP contribution in [0.4, 0.5) is 5.69 Å². The number of carbonyl (C=O) groups is 2. The van der Waals surface area contributed by atoms with Crippen molar-refractivity contribution in [3.8, 4) is 0 Å². The van der Waals surface area contributed by atoms with Gasteiger partial charge < -0.3 is 15.8 Å². The van der Waals surface area contributed by atoms with E-state index in [1.165, 1.54) is 11.3 Å². The van der Waals surface area contributed by atoms with Crippen molar-refractivity contribution in [3.63, 3.8) is 0 Å². The Labute approximate surface area is 138 Å². The zero-order valence-electron chi connectivity index (χ0n) is 13.3. The Morgan fingerprint density at radius 2 is 2.13 bits per heavy atom. The quantitative estimate of drug-likeness (QED) is 0.837. The number of nitrogens with two attached hydrogens (primary N) is 1. The number of fused-ring (bicyclic) bond motifs is 1. The minimum Gasteiger partial charge on any atom is -0.448 e. The maximum atomic E-state index is 12.3. The van der Waals surface area contributed by atoms with Crippen molar-refractivity contribution in [2.45, 2.75) is 45.8 Å². The predicted octanol–water partition coefficient (Wildman–Crippen LogP) is 2.32. The van der Waals surface area contributed by atoms with Crippen LogP contribution in [-0.4, -0.2) is 29.0 Å². The molecule has 2 aromatic rings. The fourth-order valence-corrected chi connectivity index (χ4v) is 3.53. The molecule has 1 amide bonds. The minimum atomic E-state index is -0.844. The van der Waals surface area contributed by atoms with Gasteiger partial charge in [0.2, 0.25) is 0 Å². The van der Waals surface area contributed by atoms with E-state index in [0.717, 1.165) is 29.5 Å². The normalized spacial score (nSPS) is 15.4. The molecule has 122 valence electrons. The Balaban J connectivity index is 1.81. The van der Waals surface area contributed by atoms with Crippen molar-refractivity contribution in [1.82, 2.24) is 10.3 Å². The summed E-state index contributed by atoms with van der Waals surface area (Å²) in [6.45, 7) is 5.39. The van der Waals surface area contributed by atoms with E-state index in [1.807, 2.05) is 19.9 Å². The van der Waals surface area contributed by atoms with E-state index < -0.39 is 12.1 Å². The van der Waals surface area contributed by atoms with E-state index in [2.05, 4.69) is 10.3 Å². The molecule has 1 fully saturated rings. The van der Waals surface area contributed by atoms with Gasteiger partial charge in [0, 0.05) is 17.1 Å². The van der Waals surface area contributed by atoms with E-state index in [1.54, 1.807) is 6.92 Å². The summed E-state index contributed by atoms with van der Waals surface area (Å²) in [7, 11) is 0. The Morgan fingerprint density at radius 3 is 2.78 bits per heavy atom. The third-order valence-corrected chi connectivity index (χ3v) is 4.87. The molecule has 7 heteroatoms. The van der Waals surface area contributed by atoms with Gasteiger partial charge in [0.15, 0.2) is 6.10 Å². The highest BCUT2D eigenvalue weighted by Crippen LogP contribution is 2.35. The highest BCUT2D eigenvalue weighted by Gasteiger charge is 2.28. The van der Waals surface area contributed by atoms with Gasteiger partial charge in [-0.1, -0.05) is 0 Å². The summed E-state index contributed by atoms with van der Waals surface area (Å²) in [6.07, 6.45) is 1.13. The number of esters is 1. The number of aryl methyl sites for hydroxylation is 2. The van der Waals surface area contributed by atoms with Crippen LogP contribution >= 0.6 is 11.3 Å². The average molecular weight is 333 g/mol. The van der Waals surface area contributed by atoms with Crippen LogP contribution in [0.15, 0.2) is 6.07 Å². The van der Waals surface area contributed by atoms with Crippen LogP contribution in [0.25, 0.3) is 10.2 Å². The maximum absolute atomic E-state index is 12.3. The number of aromatic nitrogens is 1. The lowest BCUT2D eigenvalue weighted by Crippen LogP contribution is -2.37. The number of nitrogens with zero attached hydrogens (tertiary/aromatic N) is 1. The Kier molecular flexibility index (Phi) is 3.97. The van der Waals surface area contributed by atoms with Crippen molar-refractivity contribution in [3.05, 3.63) is 22.2 Å². The number of nitrogen functional groups attached to an aromatic ring is 1. The molecule has 1 aliphatic carbocycles. The van der Waals surface area contributed by atoms with Crippen molar-refractivity contribution < 1.29 is 14.3 Å². The van der Waals surface area contributed by atoms with Gasteiger partial charge in [-0.15, -0.1) is 11.3 Å². The molecule has 0 radical (unpaired) electrons. The fraction of sp³-hybridized carbons (Fsp3) is 0.438. The lowest BCUT2D eigenvalue weighted by molar-refractivity contribution is -0.129. The van der Waals surface area contributed by atoms with Crippen molar-refractivity contribution in [2.75, 3.05) is 5.73 Å². The number of hydrogen-bond acceptors (Lipinski definition) is 6. The summed E-state index contributed by atoms with van der Waals surface area (Å²) < 4.78 is 5.26. The second-order valence-corrected chi connectivity index (χ2v) is 6.94. The largest absolute Gasteiger partial charge is 0.448 e. The molecule has 1 saturated carbocycles. The lowest BCUT2D eigenvalue weighted by Gasteiger charge is -2.12. The maximum Gasteiger partial charge on any atom is 0.351 e. The Hall–Kier alpha value is -2.15. The molecule has 0 bridgehead atoms. The third-order valence-electron chi connectivity index (χ3n) is 3.79. The average Bonchev–Trinajstić information content (AvgIpc) is 3.20. The number of nitrogens with one attached hydrogen (secondary N) is 1. The van der Waals surface area contributed by atoms with Gasteiger partial charge in [-0.25, -0.2) is 9.78 Å². The lowest BCUT2D eigenvalue weighted by atomic mass is 10.1. The minimum absolute atomic E-state index is 0.230. The number of rotatable bonds is 4. The van der Waals surface area contributed by atoms with E-state index >= 15 is 0 Å². The van der Waals surface area contributed by atoms with Gasteiger partial charge in [-0.05, 0) is 45.2 Å². The number of pyridine rings is 1. The summed E-state index contributed by atoms with van der Waals surface area (Å²) in [4.78, 5) is 29.7. The van der Waals surface area contributed by atoms with Gasteiger partial charge >= 0.3 is 5.97 Å². The number of thiophene rings is 1.